The molecule has 0 aliphatic heterocycles. The maximum atomic E-state index is 5.71. The Morgan fingerprint density at radius 2 is 2.18 bits per heavy atom. The van der Waals surface area contributed by atoms with Gasteiger partial charge in [-0.2, -0.15) is 0 Å². The van der Waals surface area contributed by atoms with Gasteiger partial charge in [-0.3, -0.25) is 0 Å². The predicted octanol–water partition coefficient (Wildman–Crippen LogP) is 2.67. The molecule has 98 valence electrons. The summed E-state index contributed by atoms with van der Waals surface area (Å²) in [5.41, 5.74) is 5.71. The topological polar surface area (TPSA) is 29.3 Å². The zero-order valence-corrected chi connectivity index (χ0v) is 12.0. The summed E-state index contributed by atoms with van der Waals surface area (Å²) in [7, 11) is 0. The maximum absolute atomic E-state index is 5.71. The van der Waals surface area contributed by atoms with Crippen LogP contribution in [0.1, 0.15) is 39.5 Å². The van der Waals surface area contributed by atoms with Crippen LogP contribution >= 0.6 is 12.2 Å². The zero-order valence-electron chi connectivity index (χ0n) is 11.2. The maximum Gasteiger partial charge on any atom is 0.0768 e. The van der Waals surface area contributed by atoms with Gasteiger partial charge in [0.25, 0.3) is 0 Å². The highest BCUT2D eigenvalue weighted by Gasteiger charge is 2.39. The SMILES string of the molecule is CCN(CC(C)C(N)=S)CC1CC2CCC1C2. The molecule has 2 bridgehead atoms. The van der Waals surface area contributed by atoms with E-state index < -0.39 is 0 Å². The molecule has 4 unspecified atom stereocenters. The second-order valence-corrected chi connectivity index (χ2v) is 6.56. The minimum Gasteiger partial charge on any atom is -0.393 e. The Bertz CT molecular complexity index is 279. The molecule has 0 aromatic heterocycles. The number of hydrogen-bond donors (Lipinski definition) is 1. The minimum atomic E-state index is 0.351. The molecule has 17 heavy (non-hydrogen) atoms. The normalized spacial score (nSPS) is 33.2. The summed E-state index contributed by atoms with van der Waals surface area (Å²) in [5.74, 6) is 3.38. The van der Waals surface area contributed by atoms with Crippen molar-refractivity contribution in [2.24, 2.45) is 29.4 Å². The van der Waals surface area contributed by atoms with Gasteiger partial charge in [-0.15, -0.1) is 0 Å². The lowest BCUT2D eigenvalue weighted by Gasteiger charge is -2.30. The third kappa shape index (κ3) is 3.19. The summed E-state index contributed by atoms with van der Waals surface area (Å²) in [4.78, 5) is 3.21. The fourth-order valence-corrected chi connectivity index (χ4v) is 3.82. The lowest BCUT2D eigenvalue weighted by molar-refractivity contribution is 0.189. The first-order valence-corrected chi connectivity index (χ1v) is 7.52. The molecule has 0 aromatic rings. The number of fused-ring (bicyclic) bond motifs is 2. The van der Waals surface area contributed by atoms with E-state index in [0.717, 1.165) is 30.8 Å². The van der Waals surface area contributed by atoms with Crippen molar-refractivity contribution in [3.05, 3.63) is 0 Å². The van der Waals surface area contributed by atoms with Crippen molar-refractivity contribution in [3.8, 4) is 0 Å². The van der Waals surface area contributed by atoms with E-state index in [-0.39, 0.29) is 0 Å². The van der Waals surface area contributed by atoms with Gasteiger partial charge in [0.2, 0.25) is 0 Å². The number of rotatable bonds is 6. The van der Waals surface area contributed by atoms with E-state index in [0.29, 0.717) is 10.9 Å². The summed E-state index contributed by atoms with van der Waals surface area (Å²) < 4.78 is 0. The van der Waals surface area contributed by atoms with Gasteiger partial charge in [0, 0.05) is 19.0 Å². The summed E-state index contributed by atoms with van der Waals surface area (Å²) in [6.07, 6.45) is 5.96. The van der Waals surface area contributed by atoms with Crippen LogP contribution in [0.3, 0.4) is 0 Å². The van der Waals surface area contributed by atoms with E-state index in [1.54, 1.807) is 0 Å². The number of nitrogens with two attached hydrogens (primary N) is 1. The van der Waals surface area contributed by atoms with Crippen LogP contribution in [0.15, 0.2) is 0 Å². The average molecular weight is 254 g/mol. The van der Waals surface area contributed by atoms with Crippen molar-refractivity contribution in [1.29, 1.82) is 0 Å². The van der Waals surface area contributed by atoms with Gasteiger partial charge >= 0.3 is 0 Å². The predicted molar refractivity (Wildman–Crippen MR) is 77.0 cm³/mol. The monoisotopic (exact) mass is 254 g/mol. The van der Waals surface area contributed by atoms with Crippen molar-refractivity contribution >= 4 is 17.2 Å². The minimum absolute atomic E-state index is 0.351. The van der Waals surface area contributed by atoms with Gasteiger partial charge in [0.15, 0.2) is 0 Å². The Balaban J connectivity index is 1.81. The summed E-state index contributed by atoms with van der Waals surface area (Å²) in [6.45, 7) is 7.83. The molecule has 2 N–H and O–H groups in total. The Morgan fingerprint density at radius 1 is 1.41 bits per heavy atom. The lowest BCUT2D eigenvalue weighted by atomic mass is 9.88. The van der Waals surface area contributed by atoms with Gasteiger partial charge in [-0.1, -0.05) is 32.5 Å². The van der Waals surface area contributed by atoms with Crippen molar-refractivity contribution < 1.29 is 0 Å². The Kier molecular flexibility index (Phi) is 4.42. The van der Waals surface area contributed by atoms with Crippen molar-refractivity contribution in [1.82, 2.24) is 4.90 Å². The van der Waals surface area contributed by atoms with Gasteiger partial charge in [-0.25, -0.2) is 0 Å². The fourth-order valence-electron chi connectivity index (χ4n) is 3.74. The van der Waals surface area contributed by atoms with Crippen LogP contribution in [0.2, 0.25) is 0 Å². The van der Waals surface area contributed by atoms with Crippen LogP contribution in [-0.4, -0.2) is 29.5 Å². The second kappa shape index (κ2) is 5.66. The van der Waals surface area contributed by atoms with E-state index in [1.807, 2.05) is 0 Å². The Morgan fingerprint density at radius 3 is 2.65 bits per heavy atom. The Hall–Kier alpha value is -0.150. The molecule has 0 radical (unpaired) electrons. The molecular formula is C14H26N2S. The standard InChI is InChI=1S/C14H26N2S/c1-3-16(8-10(2)14(15)17)9-13-7-11-4-5-12(13)6-11/h10-13H,3-9H2,1-2H3,(H2,15,17). The zero-order chi connectivity index (χ0) is 12.4. The van der Waals surface area contributed by atoms with E-state index in [1.165, 1.54) is 32.2 Å². The molecule has 0 amide bonds. The van der Waals surface area contributed by atoms with Crippen molar-refractivity contribution in [2.45, 2.75) is 39.5 Å². The first-order valence-electron chi connectivity index (χ1n) is 7.11. The van der Waals surface area contributed by atoms with E-state index in [9.17, 15) is 0 Å². The van der Waals surface area contributed by atoms with Crippen LogP contribution < -0.4 is 5.73 Å². The smallest absolute Gasteiger partial charge is 0.0768 e. The number of thiocarbonyl (C=S) groups is 1. The lowest BCUT2D eigenvalue weighted by Crippen LogP contribution is -2.38. The highest BCUT2D eigenvalue weighted by molar-refractivity contribution is 7.80. The molecule has 3 heteroatoms. The summed E-state index contributed by atoms with van der Waals surface area (Å²) in [6, 6.07) is 0. The van der Waals surface area contributed by atoms with E-state index in [4.69, 9.17) is 18.0 Å². The molecule has 0 saturated heterocycles. The second-order valence-electron chi connectivity index (χ2n) is 6.09. The quantitative estimate of drug-likeness (QED) is 0.739. The van der Waals surface area contributed by atoms with E-state index >= 15 is 0 Å². The molecule has 0 spiro atoms. The molecule has 4 atom stereocenters. The van der Waals surface area contributed by atoms with Crippen molar-refractivity contribution in [2.75, 3.05) is 19.6 Å². The molecule has 2 saturated carbocycles. The molecule has 0 heterocycles. The molecule has 2 nitrogen and oxygen atoms in total. The highest BCUT2D eigenvalue weighted by atomic mass is 32.1. The summed E-state index contributed by atoms with van der Waals surface area (Å²) in [5, 5.41) is 0. The van der Waals surface area contributed by atoms with Crippen LogP contribution in [-0.2, 0) is 0 Å². The molecule has 2 aliphatic carbocycles. The van der Waals surface area contributed by atoms with Gasteiger partial charge in [-0.05, 0) is 43.6 Å². The molecular weight excluding hydrogens is 228 g/mol. The molecule has 2 fully saturated rings. The Labute approximate surface area is 111 Å². The van der Waals surface area contributed by atoms with Gasteiger partial charge in [0.05, 0.1) is 4.99 Å². The van der Waals surface area contributed by atoms with Crippen molar-refractivity contribution in [3.63, 3.8) is 0 Å². The summed E-state index contributed by atoms with van der Waals surface area (Å²) >= 11 is 5.07. The highest BCUT2D eigenvalue weighted by Crippen LogP contribution is 2.48. The number of hydrogen-bond acceptors (Lipinski definition) is 2. The van der Waals surface area contributed by atoms with Crippen LogP contribution in [0.25, 0.3) is 0 Å². The van der Waals surface area contributed by atoms with Crippen LogP contribution in [0.4, 0.5) is 0 Å². The van der Waals surface area contributed by atoms with E-state index in [2.05, 4.69) is 18.7 Å². The third-order valence-electron chi connectivity index (χ3n) is 4.84. The average Bonchev–Trinajstić information content (AvgIpc) is 2.89. The van der Waals surface area contributed by atoms with Gasteiger partial charge in [0.1, 0.15) is 0 Å². The molecule has 2 aliphatic rings. The first-order chi connectivity index (χ1) is 8.10. The third-order valence-corrected chi connectivity index (χ3v) is 5.24. The van der Waals surface area contributed by atoms with Crippen LogP contribution in [0.5, 0.6) is 0 Å². The fraction of sp³-hybridized carbons (Fsp3) is 0.929. The first kappa shape index (κ1) is 13.3. The number of nitrogens with zero attached hydrogens (tertiary/aromatic N) is 1. The largest absolute Gasteiger partial charge is 0.393 e. The van der Waals surface area contributed by atoms with Gasteiger partial charge < -0.3 is 10.6 Å². The molecule has 2 rings (SSSR count). The van der Waals surface area contributed by atoms with Crippen LogP contribution in [0, 0.1) is 23.7 Å². The molecule has 0 aromatic carbocycles.